The molecule has 3 heterocycles. The number of likely N-dealkylation sites (tertiary alicyclic amines) is 1. The van der Waals surface area contributed by atoms with E-state index >= 15 is 0 Å². The van der Waals surface area contributed by atoms with Gasteiger partial charge in [-0.15, -0.1) is 0 Å². The molecule has 0 bridgehead atoms. The Balaban J connectivity index is 1.59. The summed E-state index contributed by atoms with van der Waals surface area (Å²) in [5.74, 6) is 1.37. The molecule has 1 aromatic carbocycles. The predicted octanol–water partition coefficient (Wildman–Crippen LogP) is 1.07. The molecule has 0 unspecified atom stereocenters. The van der Waals surface area contributed by atoms with Gasteiger partial charge in [0.2, 0.25) is 10.0 Å². The van der Waals surface area contributed by atoms with E-state index in [0.717, 1.165) is 17.0 Å². The van der Waals surface area contributed by atoms with E-state index in [1.807, 2.05) is 49.8 Å². The van der Waals surface area contributed by atoms with Crippen molar-refractivity contribution in [1.82, 2.24) is 34.6 Å². The Morgan fingerprint density at radius 2 is 2.07 bits per heavy atom. The zero-order valence-electron chi connectivity index (χ0n) is 15.8. The smallest absolute Gasteiger partial charge is 0.208 e. The Kier molecular flexibility index (Phi) is 5.00. The molecular weight excluding hydrogens is 378 g/mol. The fourth-order valence-electron chi connectivity index (χ4n) is 3.68. The summed E-state index contributed by atoms with van der Waals surface area (Å²) in [6, 6.07) is 9.52. The molecule has 0 radical (unpaired) electrons. The summed E-state index contributed by atoms with van der Waals surface area (Å²) in [5, 5.41) is 11.6. The summed E-state index contributed by atoms with van der Waals surface area (Å²) in [6.07, 6.45) is 5.60. The second kappa shape index (κ2) is 7.46. The molecule has 1 saturated heterocycles. The minimum atomic E-state index is -3.28. The van der Waals surface area contributed by atoms with E-state index in [4.69, 9.17) is 0 Å². The van der Waals surface area contributed by atoms with Crippen molar-refractivity contribution < 1.29 is 8.42 Å². The molecule has 0 spiro atoms. The summed E-state index contributed by atoms with van der Waals surface area (Å²) in [7, 11) is -1.41. The van der Waals surface area contributed by atoms with Crippen molar-refractivity contribution in [2.75, 3.05) is 12.8 Å². The number of nitrogens with zero attached hydrogens (tertiary/aromatic N) is 5. The van der Waals surface area contributed by atoms with Gasteiger partial charge >= 0.3 is 0 Å². The van der Waals surface area contributed by atoms with E-state index in [2.05, 4.69) is 29.9 Å². The van der Waals surface area contributed by atoms with Crippen LogP contribution in [0.1, 0.15) is 23.9 Å². The Hall–Kier alpha value is -2.56. The molecule has 0 saturated carbocycles. The van der Waals surface area contributed by atoms with Gasteiger partial charge in [-0.2, -0.15) is 10.2 Å². The minimum Gasteiger partial charge on any atom is -0.287 e. The lowest BCUT2D eigenvalue weighted by Crippen LogP contribution is -2.36. The van der Waals surface area contributed by atoms with Gasteiger partial charge in [0.1, 0.15) is 5.82 Å². The molecule has 4 rings (SSSR count). The van der Waals surface area contributed by atoms with Crippen LogP contribution in [0.25, 0.3) is 11.4 Å². The number of aromatic amines is 1. The SMILES string of the molecule is Cn1cc(CN2C[C@@H](NS(C)(=O)=O)C[C@H]2c2nc(-c3ccccc3)n[nH]2)cn1. The molecule has 1 aliphatic rings. The highest BCUT2D eigenvalue weighted by atomic mass is 32.2. The topological polar surface area (TPSA) is 109 Å². The van der Waals surface area contributed by atoms with Crippen LogP contribution in [-0.2, 0) is 23.6 Å². The van der Waals surface area contributed by atoms with Crippen LogP contribution in [0, 0.1) is 0 Å². The third kappa shape index (κ3) is 4.29. The molecule has 28 heavy (non-hydrogen) atoms. The third-order valence-electron chi connectivity index (χ3n) is 4.78. The van der Waals surface area contributed by atoms with Gasteiger partial charge in [-0.1, -0.05) is 30.3 Å². The summed E-state index contributed by atoms with van der Waals surface area (Å²) in [6.45, 7) is 1.25. The third-order valence-corrected chi connectivity index (χ3v) is 5.54. The van der Waals surface area contributed by atoms with E-state index in [-0.39, 0.29) is 12.1 Å². The maximum Gasteiger partial charge on any atom is 0.208 e. The van der Waals surface area contributed by atoms with Gasteiger partial charge in [-0.05, 0) is 6.42 Å². The summed E-state index contributed by atoms with van der Waals surface area (Å²) < 4.78 is 27.9. The molecule has 2 N–H and O–H groups in total. The number of rotatable bonds is 6. The van der Waals surface area contributed by atoms with Gasteiger partial charge in [0, 0.05) is 43.5 Å². The van der Waals surface area contributed by atoms with Gasteiger partial charge in [-0.25, -0.2) is 18.1 Å². The van der Waals surface area contributed by atoms with E-state index in [1.54, 1.807) is 4.68 Å². The van der Waals surface area contributed by atoms with Crippen molar-refractivity contribution in [1.29, 1.82) is 0 Å². The van der Waals surface area contributed by atoms with Gasteiger partial charge in [0.15, 0.2) is 5.82 Å². The monoisotopic (exact) mass is 401 g/mol. The summed E-state index contributed by atoms with van der Waals surface area (Å²) >= 11 is 0. The normalized spacial score (nSPS) is 20.6. The lowest BCUT2D eigenvalue weighted by molar-refractivity contribution is 0.239. The summed E-state index contributed by atoms with van der Waals surface area (Å²) in [5.41, 5.74) is 2.00. The Morgan fingerprint density at radius 1 is 1.29 bits per heavy atom. The molecule has 1 aliphatic heterocycles. The van der Waals surface area contributed by atoms with Crippen LogP contribution < -0.4 is 4.72 Å². The highest BCUT2D eigenvalue weighted by molar-refractivity contribution is 7.88. The van der Waals surface area contributed by atoms with E-state index < -0.39 is 10.0 Å². The lowest BCUT2D eigenvalue weighted by atomic mass is 10.1. The fraction of sp³-hybridized carbons (Fsp3) is 0.389. The molecule has 0 amide bonds. The van der Waals surface area contributed by atoms with Gasteiger partial charge in [-0.3, -0.25) is 14.7 Å². The number of hydrogen-bond acceptors (Lipinski definition) is 6. The number of nitrogens with one attached hydrogen (secondary N) is 2. The number of H-pyrrole nitrogens is 1. The van der Waals surface area contributed by atoms with Gasteiger partial charge in [0.25, 0.3) is 0 Å². The molecule has 3 aromatic rings. The van der Waals surface area contributed by atoms with Crippen LogP contribution in [0.15, 0.2) is 42.7 Å². The van der Waals surface area contributed by atoms with E-state index in [0.29, 0.717) is 25.3 Å². The van der Waals surface area contributed by atoms with Crippen LogP contribution in [0.4, 0.5) is 0 Å². The predicted molar refractivity (Wildman–Crippen MR) is 105 cm³/mol. The fourth-order valence-corrected chi connectivity index (χ4v) is 4.45. The van der Waals surface area contributed by atoms with Crippen molar-refractivity contribution in [3.05, 3.63) is 54.1 Å². The highest BCUT2D eigenvalue weighted by Crippen LogP contribution is 2.32. The van der Waals surface area contributed by atoms with Crippen molar-refractivity contribution in [3.63, 3.8) is 0 Å². The number of aryl methyl sites for hydroxylation is 1. The van der Waals surface area contributed by atoms with Crippen LogP contribution in [-0.4, -0.2) is 57.1 Å². The maximum absolute atomic E-state index is 11.7. The molecule has 0 aliphatic carbocycles. The highest BCUT2D eigenvalue weighted by Gasteiger charge is 2.36. The van der Waals surface area contributed by atoms with Crippen LogP contribution >= 0.6 is 0 Å². The average molecular weight is 401 g/mol. The largest absolute Gasteiger partial charge is 0.287 e. The molecule has 1 fully saturated rings. The Labute approximate surface area is 163 Å². The number of sulfonamides is 1. The average Bonchev–Trinajstić information content (AvgIpc) is 3.35. The van der Waals surface area contributed by atoms with Crippen molar-refractivity contribution >= 4 is 10.0 Å². The second-order valence-electron chi connectivity index (χ2n) is 7.20. The first-order valence-corrected chi connectivity index (χ1v) is 10.9. The van der Waals surface area contributed by atoms with Crippen LogP contribution in [0.3, 0.4) is 0 Å². The van der Waals surface area contributed by atoms with E-state index in [9.17, 15) is 8.42 Å². The van der Waals surface area contributed by atoms with Crippen LogP contribution in [0.2, 0.25) is 0 Å². The first-order chi connectivity index (χ1) is 13.4. The first-order valence-electron chi connectivity index (χ1n) is 9.04. The Morgan fingerprint density at radius 3 is 2.75 bits per heavy atom. The quantitative estimate of drug-likeness (QED) is 0.640. The van der Waals surface area contributed by atoms with Gasteiger partial charge in [0.05, 0.1) is 18.5 Å². The van der Waals surface area contributed by atoms with Crippen molar-refractivity contribution in [2.24, 2.45) is 7.05 Å². The number of aromatic nitrogens is 5. The molecule has 148 valence electrons. The molecule has 2 atom stereocenters. The first kappa shape index (κ1) is 18.8. The maximum atomic E-state index is 11.7. The zero-order valence-corrected chi connectivity index (χ0v) is 16.6. The minimum absolute atomic E-state index is 0.0654. The Bertz CT molecular complexity index is 1040. The van der Waals surface area contributed by atoms with Crippen molar-refractivity contribution in [2.45, 2.75) is 25.0 Å². The molecule has 9 nitrogen and oxygen atoms in total. The molecular formula is C18H23N7O2S. The second-order valence-corrected chi connectivity index (χ2v) is 8.98. The zero-order chi connectivity index (χ0) is 19.7. The lowest BCUT2D eigenvalue weighted by Gasteiger charge is -2.21. The van der Waals surface area contributed by atoms with Crippen LogP contribution in [0.5, 0.6) is 0 Å². The number of hydrogen-bond donors (Lipinski definition) is 2. The number of benzene rings is 1. The molecule has 2 aromatic heterocycles. The van der Waals surface area contributed by atoms with Crippen molar-refractivity contribution in [3.8, 4) is 11.4 Å². The molecule has 10 heteroatoms. The summed E-state index contributed by atoms with van der Waals surface area (Å²) in [4.78, 5) is 6.89. The standard InChI is InChI=1S/C18H23N7O2S/c1-24-10-13(9-19-24)11-25-12-15(23-28(2,26)27)8-16(25)18-20-17(21-22-18)14-6-4-3-5-7-14/h3-7,9-10,15-16,23H,8,11-12H2,1-2H3,(H,20,21,22)/t15-,16-/m0/s1. The van der Waals surface area contributed by atoms with E-state index in [1.165, 1.54) is 6.26 Å². The van der Waals surface area contributed by atoms with Gasteiger partial charge < -0.3 is 0 Å².